The first kappa shape index (κ1) is 13.9. The van der Waals surface area contributed by atoms with E-state index in [1.165, 1.54) is 16.8 Å². The number of carbonyl (C=O) groups is 1. The highest BCUT2D eigenvalue weighted by molar-refractivity contribution is 6.01. The van der Waals surface area contributed by atoms with Gasteiger partial charge in [0.2, 0.25) is 0 Å². The SMILES string of the molecule is CCN(CC)c1ccc(C=C2CCCC2=O)c(C)c1. The second-order valence-corrected chi connectivity index (χ2v) is 5.16. The zero-order chi connectivity index (χ0) is 13.8. The second kappa shape index (κ2) is 6.05. The molecule has 0 bridgehead atoms. The number of carbonyl (C=O) groups excluding carboxylic acids is 1. The smallest absolute Gasteiger partial charge is 0.158 e. The number of benzene rings is 1. The summed E-state index contributed by atoms with van der Waals surface area (Å²) in [6.45, 7) is 8.51. The van der Waals surface area contributed by atoms with Crippen molar-refractivity contribution in [3.8, 4) is 0 Å². The van der Waals surface area contributed by atoms with Crippen molar-refractivity contribution in [3.05, 3.63) is 34.9 Å². The van der Waals surface area contributed by atoms with E-state index in [1.807, 2.05) is 0 Å². The molecule has 1 aromatic rings. The molecule has 19 heavy (non-hydrogen) atoms. The van der Waals surface area contributed by atoms with E-state index in [0.29, 0.717) is 5.78 Å². The van der Waals surface area contributed by atoms with Gasteiger partial charge in [0.15, 0.2) is 5.78 Å². The highest BCUT2D eigenvalue weighted by Gasteiger charge is 2.16. The Morgan fingerprint density at radius 2 is 1.95 bits per heavy atom. The molecule has 1 fully saturated rings. The second-order valence-electron chi connectivity index (χ2n) is 5.16. The summed E-state index contributed by atoms with van der Waals surface area (Å²) < 4.78 is 0. The van der Waals surface area contributed by atoms with E-state index in [4.69, 9.17) is 0 Å². The predicted octanol–water partition coefficient (Wildman–Crippen LogP) is 3.98. The molecule has 0 amide bonds. The Kier molecular flexibility index (Phi) is 4.41. The van der Waals surface area contributed by atoms with Crippen LogP contribution in [0.5, 0.6) is 0 Å². The van der Waals surface area contributed by atoms with Crippen molar-refractivity contribution in [3.63, 3.8) is 0 Å². The van der Waals surface area contributed by atoms with Gasteiger partial charge < -0.3 is 4.90 Å². The van der Waals surface area contributed by atoms with Gasteiger partial charge in [0.1, 0.15) is 0 Å². The quantitative estimate of drug-likeness (QED) is 0.760. The number of hydrogen-bond donors (Lipinski definition) is 0. The van der Waals surface area contributed by atoms with Gasteiger partial charge in [-0.1, -0.05) is 6.07 Å². The van der Waals surface area contributed by atoms with Crippen LogP contribution < -0.4 is 4.90 Å². The van der Waals surface area contributed by atoms with Gasteiger partial charge in [0, 0.05) is 25.2 Å². The first-order valence-corrected chi connectivity index (χ1v) is 7.25. The minimum Gasteiger partial charge on any atom is -0.372 e. The van der Waals surface area contributed by atoms with E-state index in [2.05, 4.69) is 49.9 Å². The number of anilines is 1. The Balaban J connectivity index is 2.27. The van der Waals surface area contributed by atoms with E-state index in [1.54, 1.807) is 0 Å². The molecule has 0 N–H and O–H groups in total. The predicted molar refractivity (Wildman–Crippen MR) is 81.6 cm³/mol. The topological polar surface area (TPSA) is 20.3 Å². The third kappa shape index (κ3) is 3.06. The van der Waals surface area contributed by atoms with E-state index in [-0.39, 0.29) is 0 Å². The summed E-state index contributed by atoms with van der Waals surface area (Å²) in [5.74, 6) is 0.326. The molecule has 0 spiro atoms. The van der Waals surface area contributed by atoms with Crippen molar-refractivity contribution in [2.45, 2.75) is 40.0 Å². The van der Waals surface area contributed by atoms with Crippen LogP contribution in [0.4, 0.5) is 5.69 Å². The highest BCUT2D eigenvalue weighted by atomic mass is 16.1. The molecular weight excluding hydrogens is 234 g/mol. The van der Waals surface area contributed by atoms with Gasteiger partial charge in [-0.2, -0.15) is 0 Å². The molecule has 102 valence electrons. The molecule has 0 radical (unpaired) electrons. The molecule has 2 heteroatoms. The normalized spacial score (nSPS) is 17.2. The van der Waals surface area contributed by atoms with Crippen LogP contribution in [0.15, 0.2) is 23.8 Å². The van der Waals surface area contributed by atoms with Gasteiger partial charge in [-0.3, -0.25) is 4.79 Å². The molecule has 0 aromatic heterocycles. The van der Waals surface area contributed by atoms with Crippen molar-refractivity contribution in [2.75, 3.05) is 18.0 Å². The molecule has 1 aliphatic rings. The van der Waals surface area contributed by atoms with E-state index >= 15 is 0 Å². The van der Waals surface area contributed by atoms with Gasteiger partial charge in [-0.15, -0.1) is 0 Å². The lowest BCUT2D eigenvalue weighted by Crippen LogP contribution is -2.21. The summed E-state index contributed by atoms with van der Waals surface area (Å²) in [5, 5.41) is 0. The fourth-order valence-corrected chi connectivity index (χ4v) is 2.69. The third-order valence-corrected chi connectivity index (χ3v) is 3.92. The van der Waals surface area contributed by atoms with Crippen LogP contribution >= 0.6 is 0 Å². The monoisotopic (exact) mass is 257 g/mol. The molecule has 2 rings (SSSR count). The number of nitrogens with zero attached hydrogens (tertiary/aromatic N) is 1. The molecule has 0 saturated heterocycles. The lowest BCUT2D eigenvalue weighted by atomic mass is 10.0. The maximum atomic E-state index is 11.7. The molecule has 0 heterocycles. The van der Waals surface area contributed by atoms with Gasteiger partial charge in [-0.25, -0.2) is 0 Å². The maximum Gasteiger partial charge on any atom is 0.158 e. The van der Waals surface area contributed by atoms with E-state index in [9.17, 15) is 4.79 Å². The number of Topliss-reactive ketones (excluding diaryl/α,β-unsaturated/α-hetero) is 1. The molecule has 1 aliphatic carbocycles. The van der Waals surface area contributed by atoms with E-state index in [0.717, 1.165) is 37.9 Å². The van der Waals surface area contributed by atoms with Crippen LogP contribution in [-0.4, -0.2) is 18.9 Å². The molecule has 2 nitrogen and oxygen atoms in total. The number of allylic oxidation sites excluding steroid dienone is 1. The Hall–Kier alpha value is -1.57. The lowest BCUT2D eigenvalue weighted by Gasteiger charge is -2.21. The Bertz CT molecular complexity index is 498. The summed E-state index contributed by atoms with van der Waals surface area (Å²) in [6.07, 6.45) is 4.76. The Morgan fingerprint density at radius 1 is 1.21 bits per heavy atom. The number of ketones is 1. The van der Waals surface area contributed by atoms with Crippen LogP contribution in [0.2, 0.25) is 0 Å². The average molecular weight is 257 g/mol. The minimum absolute atomic E-state index is 0.326. The third-order valence-electron chi connectivity index (χ3n) is 3.92. The first-order valence-electron chi connectivity index (χ1n) is 7.25. The number of rotatable bonds is 4. The van der Waals surface area contributed by atoms with Crippen LogP contribution in [0, 0.1) is 6.92 Å². The molecule has 0 atom stereocenters. The zero-order valence-electron chi connectivity index (χ0n) is 12.2. The van der Waals surface area contributed by atoms with Crippen molar-refractivity contribution in [2.24, 2.45) is 0 Å². The van der Waals surface area contributed by atoms with Crippen molar-refractivity contribution in [1.82, 2.24) is 0 Å². The minimum atomic E-state index is 0.326. The van der Waals surface area contributed by atoms with Gasteiger partial charge in [0.25, 0.3) is 0 Å². The first-order chi connectivity index (χ1) is 9.15. The Labute approximate surface area is 116 Å². The molecule has 0 unspecified atom stereocenters. The summed E-state index contributed by atoms with van der Waals surface area (Å²) in [4.78, 5) is 14.0. The van der Waals surface area contributed by atoms with Gasteiger partial charge >= 0.3 is 0 Å². The Morgan fingerprint density at radius 3 is 2.47 bits per heavy atom. The van der Waals surface area contributed by atoms with Gasteiger partial charge in [-0.05, 0) is 68.5 Å². The largest absolute Gasteiger partial charge is 0.372 e. The van der Waals surface area contributed by atoms with Crippen molar-refractivity contribution < 1.29 is 4.79 Å². The van der Waals surface area contributed by atoms with Crippen molar-refractivity contribution in [1.29, 1.82) is 0 Å². The molecule has 0 aliphatic heterocycles. The summed E-state index contributed by atoms with van der Waals surface area (Å²) in [7, 11) is 0. The van der Waals surface area contributed by atoms with Gasteiger partial charge in [0.05, 0.1) is 0 Å². The number of hydrogen-bond acceptors (Lipinski definition) is 2. The van der Waals surface area contributed by atoms with Crippen molar-refractivity contribution >= 4 is 17.5 Å². The fraction of sp³-hybridized carbons (Fsp3) is 0.471. The van der Waals surface area contributed by atoms with Crippen LogP contribution in [0.25, 0.3) is 6.08 Å². The van der Waals surface area contributed by atoms with Crippen LogP contribution in [0.1, 0.15) is 44.2 Å². The summed E-state index contributed by atoms with van der Waals surface area (Å²) in [5.41, 5.74) is 4.69. The highest BCUT2D eigenvalue weighted by Crippen LogP contribution is 2.26. The lowest BCUT2D eigenvalue weighted by molar-refractivity contribution is -0.114. The standard InChI is InChI=1S/C17H23NO/c1-4-18(5-2)16-10-9-14(13(3)11-16)12-15-7-6-8-17(15)19/h9-12H,4-8H2,1-3H3. The van der Waals surface area contributed by atoms with Crippen LogP contribution in [0.3, 0.4) is 0 Å². The average Bonchev–Trinajstić information content (AvgIpc) is 2.80. The number of aryl methyl sites for hydroxylation is 1. The summed E-state index contributed by atoms with van der Waals surface area (Å²) in [6, 6.07) is 6.52. The summed E-state index contributed by atoms with van der Waals surface area (Å²) >= 11 is 0. The van der Waals surface area contributed by atoms with Crippen LogP contribution in [-0.2, 0) is 4.79 Å². The fourth-order valence-electron chi connectivity index (χ4n) is 2.69. The molecule has 1 aromatic carbocycles. The maximum absolute atomic E-state index is 11.7. The molecule has 1 saturated carbocycles. The zero-order valence-corrected chi connectivity index (χ0v) is 12.2. The van der Waals surface area contributed by atoms with E-state index < -0.39 is 0 Å². The molecular formula is C17H23NO.